The molecule has 0 rings (SSSR count). The summed E-state index contributed by atoms with van der Waals surface area (Å²) in [6, 6.07) is 0. The van der Waals surface area contributed by atoms with E-state index in [1.165, 1.54) is 77.0 Å². The van der Waals surface area contributed by atoms with Gasteiger partial charge in [-0.3, -0.25) is 28.8 Å². The number of rotatable bonds is 54. The first-order valence-electron chi connectivity index (χ1n) is 29.3. The fraction of sp³-hybridized carbons (Fsp3) is 0.897. The molecule has 72 heavy (non-hydrogen) atoms. The second-order valence-electron chi connectivity index (χ2n) is 20.1. The lowest BCUT2D eigenvalue weighted by molar-refractivity contribution is -0.156. The minimum absolute atomic E-state index is 0.00297. The molecule has 422 valence electrons. The Morgan fingerprint density at radius 2 is 0.486 bits per heavy atom. The SMILES string of the molecule is CCCCCCCCC(=O)OCC(COC(=O)CCCCCCCC)COC(=O)CCCCCN(CCO)CCCCCC(=O)OCC(COC(=O)CCCCCCCC)COC(=O)CCCCCCCC. The molecule has 0 aliphatic heterocycles. The molecule has 0 fully saturated rings. The molecule has 0 atom stereocenters. The Morgan fingerprint density at radius 1 is 0.292 bits per heavy atom. The van der Waals surface area contributed by atoms with Crippen molar-refractivity contribution in [3.05, 3.63) is 0 Å². The Hall–Kier alpha value is -3.26. The van der Waals surface area contributed by atoms with Crippen LogP contribution >= 0.6 is 0 Å². The van der Waals surface area contributed by atoms with Crippen molar-refractivity contribution in [2.75, 3.05) is 65.9 Å². The van der Waals surface area contributed by atoms with Gasteiger partial charge < -0.3 is 38.4 Å². The van der Waals surface area contributed by atoms with Gasteiger partial charge in [0.1, 0.15) is 39.6 Å². The Morgan fingerprint density at radius 3 is 0.694 bits per heavy atom. The maximum absolute atomic E-state index is 12.7. The van der Waals surface area contributed by atoms with Gasteiger partial charge >= 0.3 is 35.8 Å². The van der Waals surface area contributed by atoms with Gasteiger partial charge in [0.25, 0.3) is 0 Å². The number of carbonyl (C=O) groups is 6. The molecule has 0 bridgehead atoms. The summed E-state index contributed by atoms with van der Waals surface area (Å²) < 4.78 is 33.3. The number of ether oxygens (including phenoxy) is 6. The van der Waals surface area contributed by atoms with E-state index < -0.39 is 11.8 Å². The number of aliphatic hydroxyl groups excluding tert-OH is 1. The van der Waals surface area contributed by atoms with E-state index in [1.807, 2.05) is 0 Å². The first-order chi connectivity index (χ1) is 35.1. The average molecular weight is 1030 g/mol. The molecule has 0 aromatic heterocycles. The summed E-state index contributed by atoms with van der Waals surface area (Å²) in [4.78, 5) is 77.5. The van der Waals surface area contributed by atoms with Gasteiger partial charge in [-0.25, -0.2) is 0 Å². The average Bonchev–Trinajstić information content (AvgIpc) is 3.37. The number of esters is 6. The van der Waals surface area contributed by atoms with E-state index in [1.54, 1.807) is 0 Å². The highest BCUT2D eigenvalue weighted by molar-refractivity contribution is 5.71. The minimum Gasteiger partial charge on any atom is -0.465 e. The fourth-order valence-electron chi connectivity index (χ4n) is 8.23. The maximum Gasteiger partial charge on any atom is 0.305 e. The number of hydrogen-bond acceptors (Lipinski definition) is 14. The fourth-order valence-corrected chi connectivity index (χ4v) is 8.23. The molecule has 0 aliphatic carbocycles. The maximum atomic E-state index is 12.7. The van der Waals surface area contributed by atoms with E-state index in [-0.39, 0.29) is 94.9 Å². The van der Waals surface area contributed by atoms with Crippen LogP contribution in [0.15, 0.2) is 0 Å². The molecule has 0 aromatic carbocycles. The molecule has 0 spiro atoms. The van der Waals surface area contributed by atoms with Crippen LogP contribution in [0.2, 0.25) is 0 Å². The van der Waals surface area contributed by atoms with Gasteiger partial charge in [-0.15, -0.1) is 0 Å². The second kappa shape index (κ2) is 52.6. The van der Waals surface area contributed by atoms with Gasteiger partial charge in [-0.2, -0.15) is 0 Å². The van der Waals surface area contributed by atoms with Gasteiger partial charge in [-0.05, 0) is 64.5 Å². The van der Waals surface area contributed by atoms with Crippen LogP contribution in [-0.4, -0.2) is 112 Å². The third kappa shape index (κ3) is 47.7. The van der Waals surface area contributed by atoms with Gasteiger partial charge in [-0.1, -0.05) is 169 Å². The predicted molar refractivity (Wildman–Crippen MR) is 285 cm³/mol. The zero-order valence-electron chi connectivity index (χ0n) is 46.5. The highest BCUT2D eigenvalue weighted by atomic mass is 16.6. The molecular weight excluding hydrogens is 919 g/mol. The van der Waals surface area contributed by atoms with Gasteiger partial charge in [0, 0.05) is 45.1 Å². The molecule has 0 aliphatic rings. The highest BCUT2D eigenvalue weighted by Crippen LogP contribution is 2.15. The molecule has 0 heterocycles. The second-order valence-corrected chi connectivity index (χ2v) is 20.1. The molecule has 14 heteroatoms. The van der Waals surface area contributed by atoms with Crippen molar-refractivity contribution in [2.45, 2.75) is 259 Å². The van der Waals surface area contributed by atoms with Gasteiger partial charge in [0.2, 0.25) is 0 Å². The number of nitrogens with zero attached hydrogens (tertiary/aromatic N) is 1. The van der Waals surface area contributed by atoms with Crippen molar-refractivity contribution in [3.8, 4) is 0 Å². The van der Waals surface area contributed by atoms with E-state index in [0.717, 1.165) is 116 Å². The highest BCUT2D eigenvalue weighted by Gasteiger charge is 2.20. The van der Waals surface area contributed by atoms with Crippen LogP contribution in [0, 0.1) is 11.8 Å². The van der Waals surface area contributed by atoms with Crippen molar-refractivity contribution >= 4 is 35.8 Å². The topological polar surface area (TPSA) is 181 Å². The smallest absolute Gasteiger partial charge is 0.305 e. The van der Waals surface area contributed by atoms with E-state index in [0.29, 0.717) is 45.1 Å². The molecule has 0 amide bonds. The molecule has 14 nitrogen and oxygen atoms in total. The summed E-state index contributed by atoms with van der Waals surface area (Å²) in [7, 11) is 0. The Balaban J connectivity index is 4.72. The van der Waals surface area contributed by atoms with Gasteiger partial charge in [0.05, 0.1) is 18.4 Å². The molecule has 0 aromatic rings. The quantitative estimate of drug-likeness (QED) is 0.0345. The van der Waals surface area contributed by atoms with Crippen LogP contribution in [0.5, 0.6) is 0 Å². The number of aliphatic hydroxyl groups is 1. The number of carbonyl (C=O) groups excluding carboxylic acids is 6. The lowest BCUT2D eigenvalue weighted by Gasteiger charge is -2.21. The van der Waals surface area contributed by atoms with Crippen LogP contribution in [0.3, 0.4) is 0 Å². The summed E-state index contributed by atoms with van der Waals surface area (Å²) in [5.41, 5.74) is 0. The largest absolute Gasteiger partial charge is 0.465 e. The molecule has 1 N–H and O–H groups in total. The van der Waals surface area contributed by atoms with Crippen LogP contribution in [0.4, 0.5) is 0 Å². The van der Waals surface area contributed by atoms with Gasteiger partial charge in [0.15, 0.2) is 0 Å². The van der Waals surface area contributed by atoms with Crippen molar-refractivity contribution in [2.24, 2.45) is 11.8 Å². The summed E-state index contributed by atoms with van der Waals surface area (Å²) >= 11 is 0. The zero-order valence-corrected chi connectivity index (χ0v) is 46.5. The molecule has 0 saturated heterocycles. The number of unbranched alkanes of at least 4 members (excludes halogenated alkanes) is 24. The number of hydrogen-bond donors (Lipinski definition) is 1. The monoisotopic (exact) mass is 1030 g/mol. The van der Waals surface area contributed by atoms with Crippen molar-refractivity contribution < 1.29 is 62.3 Å². The molecule has 0 radical (unpaired) electrons. The van der Waals surface area contributed by atoms with Crippen LogP contribution in [0.1, 0.15) is 259 Å². The van der Waals surface area contributed by atoms with Crippen molar-refractivity contribution in [1.29, 1.82) is 0 Å². The van der Waals surface area contributed by atoms with E-state index >= 15 is 0 Å². The molecule has 0 unspecified atom stereocenters. The standard InChI is InChI=1S/C58H107NO13/c1-5-9-13-17-21-27-35-53(61)67-45-51(46-68-54(62)36-28-22-18-14-10-6-2)49-71-57(65)39-31-25-33-41-59(43-44-60)42-34-26-32-40-58(66)72-50-52(47-69-55(63)37-29-23-19-15-11-7-3)48-70-56(64)38-30-24-20-16-12-8-4/h51-52,60H,5-50H2,1-4H3. The van der Waals surface area contributed by atoms with E-state index in [9.17, 15) is 33.9 Å². The zero-order chi connectivity index (χ0) is 53.0. The third-order valence-electron chi connectivity index (χ3n) is 12.9. The Bertz CT molecular complexity index is 1150. The minimum atomic E-state index is -0.439. The van der Waals surface area contributed by atoms with Crippen molar-refractivity contribution in [3.63, 3.8) is 0 Å². The summed E-state index contributed by atoms with van der Waals surface area (Å²) in [6.45, 7) is 10.9. The Kier molecular flexibility index (Phi) is 50.2. The summed E-state index contributed by atoms with van der Waals surface area (Å²) in [5.74, 6) is -2.72. The molecule has 0 saturated carbocycles. The first-order valence-corrected chi connectivity index (χ1v) is 29.3. The molecular formula is C58H107NO13. The van der Waals surface area contributed by atoms with Crippen LogP contribution < -0.4 is 0 Å². The third-order valence-corrected chi connectivity index (χ3v) is 12.9. The Labute approximate surface area is 438 Å². The van der Waals surface area contributed by atoms with E-state index in [4.69, 9.17) is 28.4 Å². The predicted octanol–water partition coefficient (Wildman–Crippen LogP) is 12.9. The summed E-state index contributed by atoms with van der Waals surface area (Å²) in [6.07, 6.45) is 32.0. The van der Waals surface area contributed by atoms with Crippen LogP contribution in [0.25, 0.3) is 0 Å². The van der Waals surface area contributed by atoms with E-state index in [2.05, 4.69) is 32.6 Å². The normalized spacial score (nSPS) is 11.3. The van der Waals surface area contributed by atoms with Crippen LogP contribution in [-0.2, 0) is 57.2 Å². The van der Waals surface area contributed by atoms with Crippen molar-refractivity contribution in [1.82, 2.24) is 4.90 Å². The first kappa shape index (κ1) is 68.7. The summed E-state index contributed by atoms with van der Waals surface area (Å²) in [5, 5.41) is 9.69. The lowest BCUT2D eigenvalue weighted by Crippen LogP contribution is -2.29. The lowest BCUT2D eigenvalue weighted by atomic mass is 10.1.